The molecule has 0 spiro atoms. The van der Waals surface area contributed by atoms with Gasteiger partial charge in [0, 0.05) is 52.6 Å². The fraction of sp³-hybridized carbons (Fsp3) is 0.353. The third-order valence-corrected chi connectivity index (χ3v) is 4.60. The Morgan fingerprint density at radius 3 is 2.74 bits per heavy atom. The summed E-state index contributed by atoms with van der Waals surface area (Å²) in [6.45, 7) is 1.99. The van der Waals surface area contributed by atoms with Gasteiger partial charge in [0.25, 0.3) is 0 Å². The lowest BCUT2D eigenvalue weighted by Crippen LogP contribution is -2.36. The summed E-state index contributed by atoms with van der Waals surface area (Å²) in [7, 11) is 0.957. The van der Waals surface area contributed by atoms with Crippen LogP contribution in [0.15, 0.2) is 47.5 Å². The third-order valence-electron chi connectivity index (χ3n) is 3.69. The Balaban J connectivity index is 1.83. The van der Waals surface area contributed by atoms with Crippen molar-refractivity contribution in [2.24, 2.45) is 7.05 Å². The van der Waals surface area contributed by atoms with Crippen LogP contribution in [0.25, 0.3) is 0 Å². The lowest BCUT2D eigenvalue weighted by molar-refractivity contribution is 0.248. The van der Waals surface area contributed by atoms with E-state index in [1.54, 1.807) is 30.5 Å². The molecule has 6 heteroatoms. The molecule has 2 N–H and O–H groups in total. The number of nitrogens with one attached hydrogen (secondary N) is 2. The second-order valence-electron chi connectivity index (χ2n) is 5.63. The van der Waals surface area contributed by atoms with Crippen LogP contribution in [0.1, 0.15) is 19.0 Å². The van der Waals surface area contributed by atoms with Gasteiger partial charge in [0.15, 0.2) is 0 Å². The van der Waals surface area contributed by atoms with Crippen LogP contribution in [0.5, 0.6) is 0 Å². The Morgan fingerprint density at radius 2 is 2.09 bits per heavy atom. The number of carbonyl (C=O) groups excluding carboxylic acids is 1. The number of carbonyl (C=O) groups is 1. The van der Waals surface area contributed by atoms with Gasteiger partial charge in [-0.15, -0.1) is 0 Å². The summed E-state index contributed by atoms with van der Waals surface area (Å²) in [5, 5.41) is 5.71. The number of amides is 2. The van der Waals surface area contributed by atoms with Crippen LogP contribution in [0.3, 0.4) is 0 Å². The van der Waals surface area contributed by atoms with Crippen molar-refractivity contribution in [3.05, 3.63) is 48.3 Å². The van der Waals surface area contributed by atoms with E-state index >= 15 is 0 Å². The van der Waals surface area contributed by atoms with E-state index in [0.717, 1.165) is 12.8 Å². The first-order chi connectivity index (χ1) is 11.0. The fourth-order valence-electron chi connectivity index (χ4n) is 2.34. The molecule has 0 fully saturated rings. The van der Waals surface area contributed by atoms with Crippen LogP contribution in [0, 0.1) is 0 Å². The lowest BCUT2D eigenvalue weighted by atomic mass is 10.1. The second kappa shape index (κ2) is 7.97. The largest absolute Gasteiger partial charge is 0.354 e. The molecule has 1 aromatic heterocycles. The van der Waals surface area contributed by atoms with Gasteiger partial charge in [-0.05, 0) is 50.1 Å². The molecule has 0 saturated carbocycles. The number of rotatable bonds is 6. The number of aryl methyl sites for hydroxylation is 2. The number of nitrogens with zero attached hydrogens (tertiary/aromatic N) is 1. The van der Waals surface area contributed by atoms with Crippen molar-refractivity contribution in [2.75, 3.05) is 11.6 Å². The quantitative estimate of drug-likeness (QED) is 0.854. The van der Waals surface area contributed by atoms with E-state index in [1.165, 1.54) is 5.69 Å². The fourth-order valence-corrected chi connectivity index (χ4v) is 2.90. The van der Waals surface area contributed by atoms with Crippen LogP contribution in [0.2, 0.25) is 0 Å². The molecule has 2 amide bonds. The highest BCUT2D eigenvalue weighted by Crippen LogP contribution is 2.13. The minimum Gasteiger partial charge on any atom is -0.354 e. The Morgan fingerprint density at radius 1 is 1.30 bits per heavy atom. The normalized spacial score (nSPS) is 13.3. The number of benzene rings is 1. The van der Waals surface area contributed by atoms with E-state index in [1.807, 2.05) is 26.2 Å². The van der Waals surface area contributed by atoms with Crippen molar-refractivity contribution in [3.63, 3.8) is 0 Å². The first-order valence-electron chi connectivity index (χ1n) is 7.57. The van der Waals surface area contributed by atoms with E-state index in [2.05, 4.69) is 21.3 Å². The van der Waals surface area contributed by atoms with E-state index in [0.29, 0.717) is 10.6 Å². The summed E-state index contributed by atoms with van der Waals surface area (Å²) < 4.78 is 13.6. The number of hydrogen-bond acceptors (Lipinski definition) is 2. The summed E-state index contributed by atoms with van der Waals surface area (Å²) in [5.74, 6) is 0. The summed E-state index contributed by atoms with van der Waals surface area (Å²) in [4.78, 5) is 12.7. The molecule has 5 nitrogen and oxygen atoms in total. The molecule has 2 rings (SSSR count). The number of anilines is 1. The maximum Gasteiger partial charge on any atom is 0.319 e. The van der Waals surface area contributed by atoms with Gasteiger partial charge in [-0.1, -0.05) is 6.07 Å². The van der Waals surface area contributed by atoms with Crippen molar-refractivity contribution in [1.82, 2.24) is 9.88 Å². The van der Waals surface area contributed by atoms with E-state index in [4.69, 9.17) is 0 Å². The minimum absolute atomic E-state index is 0.0633. The highest BCUT2D eigenvalue weighted by molar-refractivity contribution is 7.84. The highest BCUT2D eigenvalue weighted by Gasteiger charge is 2.09. The molecule has 23 heavy (non-hydrogen) atoms. The molecule has 2 atom stereocenters. The van der Waals surface area contributed by atoms with Crippen LogP contribution in [-0.4, -0.2) is 27.1 Å². The average molecular weight is 333 g/mol. The molecule has 124 valence electrons. The van der Waals surface area contributed by atoms with Crippen LogP contribution >= 0.6 is 0 Å². The molecule has 0 unspecified atom stereocenters. The van der Waals surface area contributed by atoms with Gasteiger partial charge in [0.1, 0.15) is 0 Å². The molecule has 1 aromatic carbocycles. The van der Waals surface area contributed by atoms with Crippen LogP contribution in [-0.2, 0) is 24.3 Å². The molecule has 0 aliphatic carbocycles. The molecule has 0 aliphatic rings. The van der Waals surface area contributed by atoms with Crippen LogP contribution < -0.4 is 10.6 Å². The zero-order valence-corrected chi connectivity index (χ0v) is 14.5. The molecule has 2 aromatic rings. The van der Waals surface area contributed by atoms with E-state index in [9.17, 15) is 9.00 Å². The van der Waals surface area contributed by atoms with Gasteiger partial charge in [0.05, 0.1) is 0 Å². The predicted octanol–water partition coefficient (Wildman–Crippen LogP) is 2.91. The number of urea groups is 1. The molecule has 0 bridgehead atoms. The van der Waals surface area contributed by atoms with Crippen molar-refractivity contribution < 1.29 is 9.00 Å². The van der Waals surface area contributed by atoms with Crippen LogP contribution in [0.4, 0.5) is 10.5 Å². The monoisotopic (exact) mass is 333 g/mol. The zero-order chi connectivity index (χ0) is 16.8. The smallest absolute Gasteiger partial charge is 0.319 e. The Hall–Kier alpha value is -2.08. The highest BCUT2D eigenvalue weighted by atomic mass is 32.2. The number of aromatic nitrogens is 1. The summed E-state index contributed by atoms with van der Waals surface area (Å²) >= 11 is 0. The van der Waals surface area contributed by atoms with Crippen molar-refractivity contribution in [2.45, 2.75) is 30.7 Å². The SMILES string of the molecule is C[C@@H](CCc1cccn1C)NC(=O)Nc1cccc([S@](C)=O)c1. The summed E-state index contributed by atoms with van der Waals surface area (Å²) in [6, 6.07) is 11.0. The molecular weight excluding hydrogens is 310 g/mol. The molecule has 0 radical (unpaired) electrons. The summed E-state index contributed by atoms with van der Waals surface area (Å²) in [6.07, 6.45) is 5.41. The summed E-state index contributed by atoms with van der Waals surface area (Å²) in [5.41, 5.74) is 1.89. The van der Waals surface area contributed by atoms with Gasteiger partial charge >= 0.3 is 6.03 Å². The van der Waals surface area contributed by atoms with E-state index in [-0.39, 0.29) is 12.1 Å². The van der Waals surface area contributed by atoms with Crippen molar-refractivity contribution in [3.8, 4) is 0 Å². The molecular formula is C17H23N3O2S. The molecule has 0 aliphatic heterocycles. The van der Waals surface area contributed by atoms with Gasteiger partial charge < -0.3 is 15.2 Å². The Labute approximate surface area is 139 Å². The third kappa shape index (κ3) is 5.25. The van der Waals surface area contributed by atoms with E-state index < -0.39 is 10.8 Å². The maximum atomic E-state index is 12.0. The molecule has 1 heterocycles. The zero-order valence-electron chi connectivity index (χ0n) is 13.7. The lowest BCUT2D eigenvalue weighted by Gasteiger charge is -2.15. The van der Waals surface area contributed by atoms with Gasteiger partial charge in [-0.25, -0.2) is 4.79 Å². The topological polar surface area (TPSA) is 63.1 Å². The Bertz CT molecular complexity index is 697. The predicted molar refractivity (Wildman–Crippen MR) is 94.1 cm³/mol. The minimum atomic E-state index is -1.06. The maximum absolute atomic E-state index is 12.0. The van der Waals surface area contributed by atoms with Crippen molar-refractivity contribution >= 4 is 22.5 Å². The standard InChI is InChI=1S/C17H23N3O2S/c1-13(9-10-15-7-5-11-20(15)2)18-17(21)19-14-6-4-8-16(12-14)23(3)22/h4-8,11-13H,9-10H2,1-3H3,(H2,18,19,21)/t13-,23-/m0/s1. The second-order valence-corrected chi connectivity index (χ2v) is 7.01. The van der Waals surface area contributed by atoms with Crippen molar-refractivity contribution in [1.29, 1.82) is 0 Å². The van der Waals surface area contributed by atoms with Gasteiger partial charge in [-0.3, -0.25) is 4.21 Å². The average Bonchev–Trinajstić information content (AvgIpc) is 2.90. The Kier molecular flexibility index (Phi) is 5.98. The van der Waals surface area contributed by atoms with Gasteiger partial charge in [0.2, 0.25) is 0 Å². The van der Waals surface area contributed by atoms with Gasteiger partial charge in [-0.2, -0.15) is 0 Å². The first kappa shape index (κ1) is 17.3. The number of hydrogen-bond donors (Lipinski definition) is 2. The first-order valence-corrected chi connectivity index (χ1v) is 9.12. The molecule has 0 saturated heterocycles.